The van der Waals surface area contributed by atoms with E-state index in [0.29, 0.717) is 0 Å². The van der Waals surface area contributed by atoms with E-state index in [1.165, 1.54) is 49.0 Å². The Morgan fingerprint density at radius 1 is 0.350 bits per heavy atom. The molecule has 0 radical (unpaired) electrons. The summed E-state index contributed by atoms with van der Waals surface area (Å²) >= 11 is 0. The number of rotatable bonds is 4. The van der Waals surface area contributed by atoms with Crippen molar-refractivity contribution in [1.29, 1.82) is 0 Å². The third kappa shape index (κ3) is 3.63. The lowest BCUT2D eigenvalue weighted by atomic mass is 9.86. The van der Waals surface area contributed by atoms with Crippen LogP contribution in [0.1, 0.15) is 0 Å². The maximum Gasteiger partial charge on any atom is 0.0346 e. The van der Waals surface area contributed by atoms with Gasteiger partial charge in [0.25, 0.3) is 0 Å². The van der Waals surface area contributed by atoms with Crippen LogP contribution in [-0.2, 0) is 0 Å². The normalized spacial score (nSPS) is 11.5. The van der Waals surface area contributed by atoms with Crippen LogP contribution in [0.25, 0.3) is 76.8 Å². The van der Waals surface area contributed by atoms with Gasteiger partial charge in [0.05, 0.1) is 0 Å². The predicted octanol–water partition coefficient (Wildman–Crippen LogP) is 9.44. The molecule has 0 saturated heterocycles. The summed E-state index contributed by atoms with van der Waals surface area (Å²) in [4.78, 5) is 12.9. The lowest BCUT2D eigenvalue weighted by Crippen LogP contribution is -1.91. The Morgan fingerprint density at radius 3 is 1.38 bits per heavy atom. The first-order valence-electron chi connectivity index (χ1n) is 13.4. The summed E-state index contributed by atoms with van der Waals surface area (Å²) in [7, 11) is 0. The van der Waals surface area contributed by atoms with E-state index in [-0.39, 0.29) is 0 Å². The molecular formula is C37H23N3. The van der Waals surface area contributed by atoms with Crippen LogP contribution in [0.3, 0.4) is 0 Å². The Kier molecular flexibility index (Phi) is 5.14. The van der Waals surface area contributed by atoms with E-state index in [0.717, 1.165) is 27.8 Å². The van der Waals surface area contributed by atoms with E-state index < -0.39 is 0 Å². The predicted molar refractivity (Wildman–Crippen MR) is 165 cm³/mol. The summed E-state index contributed by atoms with van der Waals surface area (Å²) in [5.41, 5.74) is 9.36. The minimum atomic E-state index is 1.13. The zero-order valence-electron chi connectivity index (χ0n) is 21.6. The molecule has 5 aromatic carbocycles. The highest BCUT2D eigenvalue weighted by Crippen LogP contribution is 2.43. The van der Waals surface area contributed by atoms with E-state index >= 15 is 0 Å². The van der Waals surface area contributed by atoms with Gasteiger partial charge in [0, 0.05) is 42.7 Å². The molecule has 8 rings (SSSR count). The fraction of sp³-hybridized carbons (Fsp3) is 0. The third-order valence-corrected chi connectivity index (χ3v) is 7.91. The van der Waals surface area contributed by atoms with Crippen molar-refractivity contribution in [2.45, 2.75) is 0 Å². The fourth-order valence-electron chi connectivity index (χ4n) is 6.03. The van der Waals surface area contributed by atoms with Crippen LogP contribution in [0.4, 0.5) is 0 Å². The molecule has 40 heavy (non-hydrogen) atoms. The summed E-state index contributed by atoms with van der Waals surface area (Å²) in [5.74, 6) is 0. The van der Waals surface area contributed by atoms with Crippen LogP contribution >= 0.6 is 0 Å². The molecule has 0 fully saturated rings. The topological polar surface area (TPSA) is 38.7 Å². The molecule has 3 nitrogen and oxygen atoms in total. The Bertz CT molecular complexity index is 2080. The summed E-state index contributed by atoms with van der Waals surface area (Å²) < 4.78 is 0. The lowest BCUT2D eigenvalue weighted by Gasteiger charge is -2.17. The van der Waals surface area contributed by atoms with Gasteiger partial charge in [0.15, 0.2) is 0 Å². The summed E-state index contributed by atoms with van der Waals surface area (Å²) in [6, 6.07) is 37.3. The van der Waals surface area contributed by atoms with Crippen molar-refractivity contribution in [3.8, 4) is 44.5 Å². The van der Waals surface area contributed by atoms with Crippen LogP contribution in [0, 0.1) is 0 Å². The number of hydrogen-bond donors (Lipinski definition) is 0. The van der Waals surface area contributed by atoms with Gasteiger partial charge in [0.2, 0.25) is 0 Å². The van der Waals surface area contributed by atoms with Gasteiger partial charge >= 0.3 is 0 Å². The Hall–Kier alpha value is -5.41. The number of nitrogens with zero attached hydrogens (tertiary/aromatic N) is 3. The highest BCUT2D eigenvalue weighted by Gasteiger charge is 2.16. The molecule has 0 aliphatic heterocycles. The Morgan fingerprint density at radius 2 is 0.850 bits per heavy atom. The van der Waals surface area contributed by atoms with Crippen LogP contribution in [0.15, 0.2) is 140 Å². The smallest absolute Gasteiger partial charge is 0.0346 e. The molecule has 0 amide bonds. The molecule has 3 heterocycles. The summed E-state index contributed by atoms with van der Waals surface area (Å²) in [5, 5.41) is 7.62. The van der Waals surface area contributed by atoms with Crippen molar-refractivity contribution < 1.29 is 0 Å². The molecule has 0 aliphatic rings. The van der Waals surface area contributed by atoms with Gasteiger partial charge in [-0.05, 0) is 120 Å². The first kappa shape index (κ1) is 22.6. The second-order valence-electron chi connectivity index (χ2n) is 10.2. The van der Waals surface area contributed by atoms with E-state index in [4.69, 9.17) is 0 Å². The Balaban J connectivity index is 1.41. The molecule has 8 aromatic rings. The zero-order valence-corrected chi connectivity index (χ0v) is 21.6. The minimum Gasteiger partial charge on any atom is -0.265 e. The number of hydrogen-bond acceptors (Lipinski definition) is 3. The van der Waals surface area contributed by atoms with Crippen molar-refractivity contribution in [3.05, 3.63) is 140 Å². The van der Waals surface area contributed by atoms with E-state index in [2.05, 4.69) is 112 Å². The van der Waals surface area contributed by atoms with Crippen molar-refractivity contribution in [1.82, 2.24) is 15.0 Å². The molecule has 0 saturated carbocycles. The van der Waals surface area contributed by atoms with Gasteiger partial charge in [-0.1, -0.05) is 54.6 Å². The number of benzene rings is 5. The maximum absolute atomic E-state index is 4.38. The van der Waals surface area contributed by atoms with Crippen molar-refractivity contribution in [2.24, 2.45) is 0 Å². The van der Waals surface area contributed by atoms with E-state index in [1.54, 1.807) is 0 Å². The average molecular weight is 510 g/mol. The second-order valence-corrected chi connectivity index (χ2v) is 10.2. The summed E-state index contributed by atoms with van der Waals surface area (Å²) in [6.07, 6.45) is 11.2. The second kappa shape index (κ2) is 9.11. The number of aromatic nitrogens is 3. The molecule has 0 spiro atoms. The molecule has 0 unspecified atom stereocenters. The van der Waals surface area contributed by atoms with E-state index in [9.17, 15) is 0 Å². The van der Waals surface area contributed by atoms with Gasteiger partial charge in [-0.2, -0.15) is 0 Å². The maximum atomic E-state index is 4.38. The highest BCUT2D eigenvalue weighted by atomic mass is 14.6. The van der Waals surface area contributed by atoms with Crippen LogP contribution in [-0.4, -0.2) is 15.0 Å². The van der Waals surface area contributed by atoms with Crippen molar-refractivity contribution in [2.75, 3.05) is 0 Å². The number of pyridine rings is 3. The summed E-state index contributed by atoms with van der Waals surface area (Å²) in [6.45, 7) is 0. The van der Waals surface area contributed by atoms with Crippen LogP contribution in [0.2, 0.25) is 0 Å². The lowest BCUT2D eigenvalue weighted by molar-refractivity contribution is 1.33. The van der Waals surface area contributed by atoms with Gasteiger partial charge in [-0.25, -0.2) is 0 Å². The molecule has 3 aromatic heterocycles. The van der Waals surface area contributed by atoms with Gasteiger partial charge in [-0.3, -0.25) is 15.0 Å². The fourth-order valence-corrected chi connectivity index (χ4v) is 6.03. The quantitative estimate of drug-likeness (QED) is 0.222. The molecule has 0 aliphatic carbocycles. The van der Waals surface area contributed by atoms with Gasteiger partial charge < -0.3 is 0 Å². The molecule has 0 N–H and O–H groups in total. The van der Waals surface area contributed by atoms with Gasteiger partial charge in [0.1, 0.15) is 0 Å². The third-order valence-electron chi connectivity index (χ3n) is 7.91. The average Bonchev–Trinajstić information content (AvgIpc) is 3.04. The molecular weight excluding hydrogens is 486 g/mol. The SMILES string of the molecule is c1cncc(-c2ccc3ccc4c(-c5cc(-c6ccncc6)cc(-c6ccncc6)c5)ccc5ccc2c3c54)c1. The van der Waals surface area contributed by atoms with Gasteiger partial charge in [-0.15, -0.1) is 0 Å². The Labute approximate surface area is 231 Å². The van der Waals surface area contributed by atoms with Crippen molar-refractivity contribution in [3.63, 3.8) is 0 Å². The highest BCUT2D eigenvalue weighted by molar-refractivity contribution is 6.27. The minimum absolute atomic E-state index is 1.13. The van der Waals surface area contributed by atoms with Crippen LogP contribution in [0.5, 0.6) is 0 Å². The van der Waals surface area contributed by atoms with Crippen molar-refractivity contribution >= 4 is 32.3 Å². The molecule has 3 heteroatoms. The first-order chi connectivity index (χ1) is 19.8. The molecule has 186 valence electrons. The molecule has 0 atom stereocenters. The zero-order chi connectivity index (χ0) is 26.5. The van der Waals surface area contributed by atoms with E-state index in [1.807, 2.05) is 43.2 Å². The molecule has 0 bridgehead atoms. The van der Waals surface area contributed by atoms with Crippen LogP contribution < -0.4 is 0 Å². The standard InChI is InChI=1S/C37H23N3/c1-2-28(23-40-15-1)32-7-3-26-6-10-35-33(8-4-27-5-9-34(32)36(26)37(27)35)31-21-29(24-11-16-38-17-12-24)20-30(22-31)25-13-18-39-19-14-25/h1-23H. The monoisotopic (exact) mass is 509 g/mol. The first-order valence-corrected chi connectivity index (χ1v) is 13.4. The largest absolute Gasteiger partial charge is 0.265 e.